The Balaban J connectivity index is 1.23. The largest absolute Gasteiger partial charge is 0.441 e. The lowest BCUT2D eigenvalue weighted by Gasteiger charge is -2.25. The summed E-state index contributed by atoms with van der Waals surface area (Å²) in [6.45, 7) is 0.570. The highest BCUT2D eigenvalue weighted by molar-refractivity contribution is 5.67. The molecule has 0 bridgehead atoms. The lowest BCUT2D eigenvalue weighted by Crippen LogP contribution is -2.35. The molecule has 1 saturated carbocycles. The molecule has 1 aliphatic carbocycles. The Kier molecular flexibility index (Phi) is 7.46. The summed E-state index contributed by atoms with van der Waals surface area (Å²) < 4.78 is 59.2. The summed E-state index contributed by atoms with van der Waals surface area (Å²) >= 11 is 0. The third-order valence-corrected chi connectivity index (χ3v) is 6.57. The number of alkyl halides is 3. The van der Waals surface area contributed by atoms with Crippen LogP contribution < -0.4 is 10.6 Å². The van der Waals surface area contributed by atoms with Gasteiger partial charge in [-0.15, -0.1) is 0 Å². The molecule has 3 aromatic heterocycles. The number of hydrogen-bond donors (Lipinski definition) is 3. The smallest absolute Gasteiger partial charge is 0.407 e. The van der Waals surface area contributed by atoms with Gasteiger partial charge in [0.25, 0.3) is 6.43 Å². The number of carbonyl (C=O) groups excluding carboxylic acids is 1. The molecule has 0 unspecified atom stereocenters. The minimum Gasteiger partial charge on any atom is -0.441 e. The van der Waals surface area contributed by atoms with Crippen molar-refractivity contribution in [2.75, 3.05) is 25.6 Å². The summed E-state index contributed by atoms with van der Waals surface area (Å²) in [5, 5.41) is 12.3. The van der Waals surface area contributed by atoms with E-state index >= 15 is 4.39 Å². The number of H-pyrrole nitrogens is 1. The van der Waals surface area contributed by atoms with Crippen LogP contribution in [0.5, 0.6) is 0 Å². The zero-order valence-electron chi connectivity index (χ0n) is 20.1. The van der Waals surface area contributed by atoms with Crippen LogP contribution in [0.15, 0.2) is 18.3 Å². The summed E-state index contributed by atoms with van der Waals surface area (Å²) in [7, 11) is 1.50. The summed E-state index contributed by atoms with van der Waals surface area (Å²) in [5.74, 6) is 0.887. The van der Waals surface area contributed by atoms with Gasteiger partial charge in [0.15, 0.2) is 18.1 Å². The van der Waals surface area contributed by atoms with E-state index in [1.807, 2.05) is 0 Å². The van der Waals surface area contributed by atoms with E-state index in [-0.39, 0.29) is 30.6 Å². The van der Waals surface area contributed by atoms with Crippen molar-refractivity contribution in [1.29, 1.82) is 0 Å². The van der Waals surface area contributed by atoms with Gasteiger partial charge in [-0.05, 0) is 12.3 Å². The number of anilines is 2. The van der Waals surface area contributed by atoms with Crippen molar-refractivity contribution in [3.63, 3.8) is 0 Å². The fourth-order valence-electron chi connectivity index (χ4n) is 4.41. The number of alkyl carbamates (subject to hydrolysis) is 1. The van der Waals surface area contributed by atoms with Gasteiger partial charge in [0.2, 0.25) is 5.95 Å². The monoisotopic (exact) mass is 523 g/mol. The van der Waals surface area contributed by atoms with Gasteiger partial charge in [-0.2, -0.15) is 5.10 Å². The Hall–Kier alpha value is -3.39. The molecule has 3 aromatic rings. The number of hydrogen-bond acceptors (Lipinski definition) is 8. The van der Waals surface area contributed by atoms with E-state index in [9.17, 15) is 13.6 Å². The topological polar surface area (TPSA) is 128 Å². The first kappa shape index (κ1) is 25.3. The Morgan fingerprint density at radius 2 is 2.16 bits per heavy atom. The molecule has 3 N–H and O–H groups in total. The van der Waals surface area contributed by atoms with E-state index in [1.54, 1.807) is 6.20 Å². The van der Waals surface area contributed by atoms with E-state index in [2.05, 4.69) is 30.8 Å². The van der Waals surface area contributed by atoms with Crippen LogP contribution >= 0.6 is 0 Å². The van der Waals surface area contributed by atoms with E-state index in [0.717, 1.165) is 6.42 Å². The highest BCUT2D eigenvalue weighted by atomic mass is 19.3. The predicted molar refractivity (Wildman–Crippen MR) is 124 cm³/mol. The minimum atomic E-state index is -2.81. The minimum absolute atomic E-state index is 0.0459. The fraction of sp³-hybridized carbons (Fsp3) is 0.565. The molecule has 0 spiro atoms. The standard InChI is InChI=1S/C23H28F3N7O4/c1-35-10-13-9-33-18(28-13)8-15(21(25)26)29-22(33)30-17-7-14(31-32-17)20-19(24)16(11-36-20)37-23(34)27-6-5-12-3-2-4-12/h7-9,12,16,19-21H,2-6,10-11H2,1H3,(H,27,34)(H2,29,30,31,32)/t16-,19+,20-/m0/s1. The summed E-state index contributed by atoms with van der Waals surface area (Å²) in [6.07, 6.45) is -1.14. The molecule has 5 rings (SSSR count). The van der Waals surface area contributed by atoms with Crippen molar-refractivity contribution < 1.29 is 32.2 Å². The van der Waals surface area contributed by atoms with Crippen LogP contribution in [0.1, 0.15) is 55.3 Å². The molecule has 4 heterocycles. The molecular weight excluding hydrogens is 495 g/mol. The van der Waals surface area contributed by atoms with Crippen molar-refractivity contribution in [2.24, 2.45) is 5.92 Å². The summed E-state index contributed by atoms with van der Waals surface area (Å²) in [6, 6.07) is 2.67. The normalized spacial score (nSPS) is 21.9. The van der Waals surface area contributed by atoms with Crippen LogP contribution in [0.2, 0.25) is 0 Å². The van der Waals surface area contributed by atoms with Crippen LogP contribution in [-0.4, -0.2) is 63.2 Å². The van der Waals surface area contributed by atoms with E-state index in [0.29, 0.717) is 23.9 Å². The molecule has 0 radical (unpaired) electrons. The van der Waals surface area contributed by atoms with Crippen molar-refractivity contribution in [3.05, 3.63) is 35.4 Å². The molecule has 0 aromatic carbocycles. The second kappa shape index (κ2) is 10.9. The maximum absolute atomic E-state index is 15.1. The van der Waals surface area contributed by atoms with Gasteiger partial charge in [0.1, 0.15) is 17.4 Å². The SMILES string of the molecule is COCc1cn2c(Nc3cc([C@@H]4OC[C@H](OC(=O)NCCC5CCC5)[C@H]4F)[nH]n3)nc(C(F)F)cc2n1. The molecule has 1 aliphatic heterocycles. The third kappa shape index (κ3) is 5.64. The van der Waals surface area contributed by atoms with Gasteiger partial charge in [-0.3, -0.25) is 9.50 Å². The molecule has 1 amide bonds. The van der Waals surface area contributed by atoms with Crippen molar-refractivity contribution >= 4 is 23.5 Å². The average Bonchev–Trinajstić information content (AvgIpc) is 3.55. The number of fused-ring (bicyclic) bond motifs is 1. The molecule has 14 heteroatoms. The fourth-order valence-corrected chi connectivity index (χ4v) is 4.41. The zero-order chi connectivity index (χ0) is 25.9. The first-order chi connectivity index (χ1) is 17.9. The quantitative estimate of drug-likeness (QED) is 0.364. The van der Waals surface area contributed by atoms with Crippen molar-refractivity contribution in [1.82, 2.24) is 29.9 Å². The first-order valence-corrected chi connectivity index (χ1v) is 12.1. The van der Waals surface area contributed by atoms with Gasteiger partial charge in [0, 0.05) is 32.0 Å². The number of nitrogens with one attached hydrogen (secondary N) is 3. The lowest BCUT2D eigenvalue weighted by molar-refractivity contribution is 0.0624. The maximum Gasteiger partial charge on any atom is 0.407 e. The molecule has 1 saturated heterocycles. The molecule has 2 fully saturated rings. The lowest BCUT2D eigenvalue weighted by atomic mass is 9.83. The van der Waals surface area contributed by atoms with Gasteiger partial charge in [-0.25, -0.2) is 27.9 Å². The number of imidazole rings is 1. The maximum atomic E-state index is 15.1. The Bertz CT molecular complexity index is 1230. The number of aromatic amines is 1. The van der Waals surface area contributed by atoms with Gasteiger partial charge >= 0.3 is 6.09 Å². The molecule has 11 nitrogen and oxygen atoms in total. The summed E-state index contributed by atoms with van der Waals surface area (Å²) in [5.41, 5.74) is 0.608. The van der Waals surface area contributed by atoms with E-state index in [1.165, 1.54) is 42.9 Å². The highest BCUT2D eigenvalue weighted by Gasteiger charge is 2.42. The van der Waals surface area contributed by atoms with Gasteiger partial charge in [-0.1, -0.05) is 19.3 Å². The van der Waals surface area contributed by atoms with Crippen LogP contribution in [0, 0.1) is 5.92 Å². The Morgan fingerprint density at radius 1 is 1.32 bits per heavy atom. The molecule has 2 aliphatic rings. The van der Waals surface area contributed by atoms with Crippen LogP contribution in [-0.2, 0) is 20.8 Å². The number of methoxy groups -OCH3 is 1. The molecule has 200 valence electrons. The number of amides is 1. The Labute approximate surface area is 210 Å². The molecule has 37 heavy (non-hydrogen) atoms. The van der Waals surface area contributed by atoms with Crippen molar-refractivity contribution in [3.8, 4) is 0 Å². The van der Waals surface area contributed by atoms with Crippen LogP contribution in [0.25, 0.3) is 5.65 Å². The number of halogens is 3. The van der Waals surface area contributed by atoms with Gasteiger partial charge < -0.3 is 24.8 Å². The van der Waals surface area contributed by atoms with Crippen LogP contribution in [0.3, 0.4) is 0 Å². The number of rotatable bonds is 10. The average molecular weight is 524 g/mol. The number of carbonyl (C=O) groups is 1. The zero-order valence-corrected chi connectivity index (χ0v) is 20.1. The predicted octanol–water partition coefficient (Wildman–Crippen LogP) is 3.97. The molecular formula is C23H28F3N7O4. The number of ether oxygens (including phenoxy) is 3. The number of aromatic nitrogens is 5. The highest BCUT2D eigenvalue weighted by Crippen LogP contribution is 2.34. The second-order valence-corrected chi connectivity index (χ2v) is 9.19. The van der Waals surface area contributed by atoms with Crippen LogP contribution in [0.4, 0.5) is 29.7 Å². The van der Waals surface area contributed by atoms with E-state index in [4.69, 9.17) is 14.2 Å². The van der Waals surface area contributed by atoms with Gasteiger partial charge in [0.05, 0.1) is 24.6 Å². The first-order valence-electron chi connectivity index (χ1n) is 12.1. The summed E-state index contributed by atoms with van der Waals surface area (Å²) in [4.78, 5) is 20.3. The third-order valence-electron chi connectivity index (χ3n) is 6.57. The van der Waals surface area contributed by atoms with Crippen molar-refractivity contribution in [2.45, 2.75) is 57.1 Å². The molecule has 3 atom stereocenters. The Morgan fingerprint density at radius 3 is 2.89 bits per heavy atom. The van der Waals surface area contributed by atoms with E-state index < -0.39 is 36.6 Å². The number of nitrogens with zero attached hydrogens (tertiary/aromatic N) is 4. The second-order valence-electron chi connectivity index (χ2n) is 9.19.